The Morgan fingerprint density at radius 3 is 2.62 bits per heavy atom. The fraction of sp³-hybridized carbons (Fsp3) is 0.200. The number of benzene rings is 2. The monoisotopic (exact) mass is 368 g/mol. The molecule has 0 saturated carbocycles. The Hall–Kier alpha value is -2.86. The number of ether oxygens (including phenoxy) is 1. The Morgan fingerprint density at radius 1 is 1.15 bits per heavy atom. The van der Waals surface area contributed by atoms with Gasteiger partial charge in [0, 0.05) is 11.7 Å². The highest BCUT2D eigenvalue weighted by atomic mass is 32.1. The zero-order chi connectivity index (χ0) is 18.7. The molecule has 0 atom stereocenters. The second-order valence-corrected chi connectivity index (χ2v) is 6.96. The number of para-hydroxylation sites is 1. The van der Waals surface area contributed by atoms with Gasteiger partial charge in [-0.3, -0.25) is 9.59 Å². The molecule has 0 aliphatic carbocycles. The predicted octanol–water partition coefficient (Wildman–Crippen LogP) is 4.07. The molecule has 2 amide bonds. The van der Waals surface area contributed by atoms with Crippen LogP contribution in [0.25, 0.3) is 10.1 Å². The fourth-order valence-electron chi connectivity index (χ4n) is 2.70. The number of hydrogen-bond donors (Lipinski definition) is 1. The van der Waals surface area contributed by atoms with Crippen LogP contribution in [0.2, 0.25) is 0 Å². The van der Waals surface area contributed by atoms with E-state index in [0.717, 1.165) is 16.5 Å². The van der Waals surface area contributed by atoms with Gasteiger partial charge in [0.2, 0.25) is 0 Å². The van der Waals surface area contributed by atoms with Crippen molar-refractivity contribution in [3.8, 4) is 5.75 Å². The number of carbonyl (C=O) groups is 2. The molecule has 0 aliphatic heterocycles. The van der Waals surface area contributed by atoms with Gasteiger partial charge in [0.15, 0.2) is 5.75 Å². The standard InChI is InChI=1S/C20H20N2O3S/c1-3-11-25-18-14(19(21)23)8-6-9-15(18)22(2)20(24)17-12-13-7-4-5-10-16(13)26-17/h4-10,12H,3,11H2,1-2H3,(H2,21,23). The molecule has 0 aliphatic rings. The lowest BCUT2D eigenvalue weighted by Crippen LogP contribution is -2.27. The topological polar surface area (TPSA) is 72.6 Å². The quantitative estimate of drug-likeness (QED) is 0.713. The molecule has 3 rings (SSSR count). The van der Waals surface area contributed by atoms with Gasteiger partial charge in [0.25, 0.3) is 11.8 Å². The smallest absolute Gasteiger partial charge is 0.268 e. The average Bonchev–Trinajstić information content (AvgIpc) is 3.08. The van der Waals surface area contributed by atoms with Gasteiger partial charge in [-0.15, -0.1) is 11.3 Å². The highest BCUT2D eigenvalue weighted by Gasteiger charge is 2.22. The molecule has 26 heavy (non-hydrogen) atoms. The van der Waals surface area contributed by atoms with E-state index in [0.29, 0.717) is 22.9 Å². The summed E-state index contributed by atoms with van der Waals surface area (Å²) < 4.78 is 6.81. The maximum absolute atomic E-state index is 13.0. The van der Waals surface area contributed by atoms with Crippen LogP contribution in [0.4, 0.5) is 5.69 Å². The number of primary amides is 1. The van der Waals surface area contributed by atoms with Crippen LogP contribution in [0.1, 0.15) is 33.4 Å². The Balaban J connectivity index is 2.00. The van der Waals surface area contributed by atoms with Gasteiger partial charge >= 0.3 is 0 Å². The molecule has 6 heteroatoms. The third-order valence-electron chi connectivity index (χ3n) is 4.01. The van der Waals surface area contributed by atoms with E-state index >= 15 is 0 Å². The molecule has 1 heterocycles. The summed E-state index contributed by atoms with van der Waals surface area (Å²) >= 11 is 1.44. The summed E-state index contributed by atoms with van der Waals surface area (Å²) in [5.41, 5.74) is 6.27. The van der Waals surface area contributed by atoms with Crippen molar-refractivity contribution in [1.82, 2.24) is 0 Å². The van der Waals surface area contributed by atoms with Crippen molar-refractivity contribution < 1.29 is 14.3 Å². The third kappa shape index (κ3) is 3.41. The Labute approximate surface area is 156 Å². The van der Waals surface area contributed by atoms with E-state index in [1.54, 1.807) is 25.2 Å². The molecule has 5 nitrogen and oxygen atoms in total. The molecule has 0 unspecified atom stereocenters. The lowest BCUT2D eigenvalue weighted by Gasteiger charge is -2.21. The number of rotatable bonds is 6. The Kier molecular flexibility index (Phi) is 5.23. The number of amides is 2. The molecule has 0 bridgehead atoms. The van der Waals surface area contributed by atoms with Gasteiger partial charge < -0.3 is 15.4 Å². The van der Waals surface area contributed by atoms with Gasteiger partial charge in [0.05, 0.1) is 22.7 Å². The van der Waals surface area contributed by atoms with Gasteiger partial charge in [-0.25, -0.2) is 0 Å². The van der Waals surface area contributed by atoms with Gasteiger partial charge in [-0.1, -0.05) is 31.2 Å². The van der Waals surface area contributed by atoms with E-state index in [9.17, 15) is 9.59 Å². The maximum atomic E-state index is 13.0. The van der Waals surface area contributed by atoms with Crippen LogP contribution in [0.5, 0.6) is 5.75 Å². The molecule has 0 fully saturated rings. The lowest BCUT2D eigenvalue weighted by atomic mass is 10.1. The highest BCUT2D eigenvalue weighted by molar-refractivity contribution is 7.20. The summed E-state index contributed by atoms with van der Waals surface area (Å²) in [5, 5.41) is 1.03. The SMILES string of the molecule is CCCOc1c(C(N)=O)cccc1N(C)C(=O)c1cc2ccccc2s1. The summed E-state index contributed by atoms with van der Waals surface area (Å²) in [6.07, 6.45) is 0.778. The van der Waals surface area contributed by atoms with Crippen LogP contribution in [-0.4, -0.2) is 25.5 Å². The molecule has 0 saturated heterocycles. The first kappa shape index (κ1) is 17.9. The first-order chi connectivity index (χ1) is 12.5. The first-order valence-corrected chi connectivity index (χ1v) is 9.16. The molecule has 1 aromatic heterocycles. The zero-order valence-electron chi connectivity index (χ0n) is 14.7. The summed E-state index contributed by atoms with van der Waals surface area (Å²) in [4.78, 5) is 26.9. The minimum atomic E-state index is -0.583. The van der Waals surface area contributed by atoms with Crippen molar-refractivity contribution >= 4 is 38.9 Å². The van der Waals surface area contributed by atoms with Crippen molar-refractivity contribution in [1.29, 1.82) is 0 Å². The van der Waals surface area contributed by atoms with Crippen molar-refractivity contribution in [2.75, 3.05) is 18.6 Å². The number of nitrogens with two attached hydrogens (primary N) is 1. The lowest BCUT2D eigenvalue weighted by molar-refractivity contribution is 0.0983. The largest absolute Gasteiger partial charge is 0.491 e. The number of fused-ring (bicyclic) bond motifs is 1. The number of carbonyl (C=O) groups excluding carboxylic acids is 2. The highest BCUT2D eigenvalue weighted by Crippen LogP contribution is 2.34. The normalized spacial score (nSPS) is 10.7. The molecule has 134 valence electrons. The van der Waals surface area contributed by atoms with E-state index in [1.807, 2.05) is 37.3 Å². The molecule has 0 radical (unpaired) electrons. The van der Waals surface area contributed by atoms with Crippen molar-refractivity contribution in [2.45, 2.75) is 13.3 Å². The molecule has 0 spiro atoms. The van der Waals surface area contributed by atoms with Gasteiger partial charge in [0.1, 0.15) is 0 Å². The van der Waals surface area contributed by atoms with Crippen molar-refractivity contribution in [3.05, 3.63) is 59.0 Å². The van der Waals surface area contributed by atoms with E-state index < -0.39 is 5.91 Å². The second-order valence-electron chi connectivity index (χ2n) is 5.88. The minimum absolute atomic E-state index is 0.158. The van der Waals surface area contributed by atoms with E-state index in [2.05, 4.69) is 0 Å². The summed E-state index contributed by atoms with van der Waals surface area (Å²) in [7, 11) is 1.67. The Bertz CT molecular complexity index is 932. The van der Waals surface area contributed by atoms with Crippen LogP contribution in [0.3, 0.4) is 0 Å². The van der Waals surface area contributed by atoms with E-state index in [-0.39, 0.29) is 11.5 Å². The van der Waals surface area contributed by atoms with Crippen molar-refractivity contribution in [3.63, 3.8) is 0 Å². The maximum Gasteiger partial charge on any atom is 0.268 e. The summed E-state index contributed by atoms with van der Waals surface area (Å²) in [5.74, 6) is -0.395. The zero-order valence-corrected chi connectivity index (χ0v) is 15.5. The Morgan fingerprint density at radius 2 is 1.92 bits per heavy atom. The van der Waals surface area contributed by atoms with Crippen LogP contribution < -0.4 is 15.4 Å². The van der Waals surface area contributed by atoms with Gasteiger partial charge in [-0.05, 0) is 36.1 Å². The van der Waals surface area contributed by atoms with E-state index in [4.69, 9.17) is 10.5 Å². The molecule has 2 N–H and O–H groups in total. The number of thiophene rings is 1. The average molecular weight is 368 g/mol. The molecule has 2 aromatic carbocycles. The van der Waals surface area contributed by atoms with Gasteiger partial charge in [-0.2, -0.15) is 0 Å². The first-order valence-electron chi connectivity index (χ1n) is 8.35. The van der Waals surface area contributed by atoms with Crippen LogP contribution in [0.15, 0.2) is 48.5 Å². The second kappa shape index (κ2) is 7.58. The van der Waals surface area contributed by atoms with Crippen LogP contribution >= 0.6 is 11.3 Å². The number of anilines is 1. The van der Waals surface area contributed by atoms with Crippen LogP contribution in [-0.2, 0) is 0 Å². The van der Waals surface area contributed by atoms with Crippen molar-refractivity contribution in [2.24, 2.45) is 5.73 Å². The predicted molar refractivity (Wildman–Crippen MR) is 105 cm³/mol. The summed E-state index contributed by atoms with van der Waals surface area (Å²) in [6, 6.07) is 14.8. The minimum Gasteiger partial charge on any atom is -0.491 e. The third-order valence-corrected chi connectivity index (χ3v) is 5.12. The van der Waals surface area contributed by atoms with E-state index in [1.165, 1.54) is 16.2 Å². The molecular formula is C20H20N2O3S. The fourth-order valence-corrected chi connectivity index (χ4v) is 3.74. The molecule has 3 aromatic rings. The molecular weight excluding hydrogens is 348 g/mol. The number of hydrogen-bond acceptors (Lipinski definition) is 4. The summed E-state index contributed by atoms with van der Waals surface area (Å²) in [6.45, 7) is 2.40. The number of nitrogens with zero attached hydrogens (tertiary/aromatic N) is 1. The van der Waals surface area contributed by atoms with Crippen LogP contribution in [0, 0.1) is 0 Å².